The number of methoxy groups -OCH3 is 1. The summed E-state index contributed by atoms with van der Waals surface area (Å²) in [6, 6.07) is 16.0. The van der Waals surface area contributed by atoms with Gasteiger partial charge >= 0.3 is 6.03 Å². The average Bonchev–Trinajstić information content (AvgIpc) is 3.04. The molecule has 2 saturated heterocycles. The van der Waals surface area contributed by atoms with E-state index in [2.05, 4.69) is 10.6 Å². The first-order valence-electron chi connectivity index (χ1n) is 10.3. The van der Waals surface area contributed by atoms with Crippen molar-refractivity contribution in [3.63, 3.8) is 0 Å². The second-order valence-electron chi connectivity index (χ2n) is 8.13. The van der Waals surface area contributed by atoms with Crippen LogP contribution in [-0.2, 0) is 4.79 Å². The van der Waals surface area contributed by atoms with E-state index < -0.39 is 5.41 Å². The van der Waals surface area contributed by atoms with Gasteiger partial charge in [0.2, 0.25) is 5.91 Å². The number of urea groups is 1. The molecule has 0 bridgehead atoms. The molecule has 0 saturated carbocycles. The maximum atomic E-state index is 13.3. The number of benzene rings is 2. The highest BCUT2D eigenvalue weighted by molar-refractivity contribution is 5.95. The van der Waals surface area contributed by atoms with Gasteiger partial charge in [0, 0.05) is 55.8 Å². The summed E-state index contributed by atoms with van der Waals surface area (Å²) >= 11 is 0. The fourth-order valence-corrected chi connectivity index (χ4v) is 4.24. The molecule has 1 spiro atoms. The third-order valence-electron chi connectivity index (χ3n) is 5.80. The fraction of sp³-hybridized carbons (Fsp3) is 0.348. The van der Waals surface area contributed by atoms with Crippen LogP contribution in [-0.4, -0.2) is 67.5 Å². The van der Waals surface area contributed by atoms with Gasteiger partial charge < -0.3 is 25.2 Å². The zero-order valence-corrected chi connectivity index (χ0v) is 17.5. The van der Waals surface area contributed by atoms with Gasteiger partial charge in [-0.1, -0.05) is 24.3 Å². The minimum atomic E-state index is -0.518. The molecule has 8 heteroatoms. The molecule has 2 heterocycles. The summed E-state index contributed by atoms with van der Waals surface area (Å²) in [4.78, 5) is 41.7. The zero-order valence-electron chi connectivity index (χ0n) is 17.5. The van der Waals surface area contributed by atoms with E-state index in [1.54, 1.807) is 41.2 Å². The molecule has 0 aliphatic carbocycles. The highest BCUT2D eigenvalue weighted by Crippen LogP contribution is 2.32. The molecule has 2 fully saturated rings. The van der Waals surface area contributed by atoms with E-state index in [0.717, 1.165) is 0 Å². The van der Waals surface area contributed by atoms with E-state index in [1.165, 1.54) is 0 Å². The lowest BCUT2D eigenvalue weighted by molar-refractivity contribution is -0.119. The Labute approximate surface area is 181 Å². The monoisotopic (exact) mass is 422 g/mol. The predicted octanol–water partition coefficient (Wildman–Crippen LogP) is 2.19. The second-order valence-corrected chi connectivity index (χ2v) is 8.13. The number of nitrogens with one attached hydrogen (secondary N) is 2. The van der Waals surface area contributed by atoms with Gasteiger partial charge in [-0.3, -0.25) is 9.59 Å². The largest absolute Gasteiger partial charge is 0.497 e. The number of para-hydroxylation sites is 1. The first kappa shape index (κ1) is 20.7. The van der Waals surface area contributed by atoms with E-state index >= 15 is 0 Å². The Hall–Kier alpha value is -3.55. The van der Waals surface area contributed by atoms with Gasteiger partial charge in [0.15, 0.2) is 0 Å². The third kappa shape index (κ3) is 4.63. The molecular weight excluding hydrogens is 396 g/mol. The Morgan fingerprint density at radius 3 is 2.48 bits per heavy atom. The SMILES string of the molecule is COc1cccc(C(=O)N2CCN(C(=O)Nc3ccccc3)CC3(CNC(=O)C3)C2)c1. The van der Waals surface area contributed by atoms with Crippen LogP contribution in [0, 0.1) is 5.41 Å². The van der Waals surface area contributed by atoms with Crippen molar-refractivity contribution in [2.45, 2.75) is 6.42 Å². The van der Waals surface area contributed by atoms with Crippen LogP contribution < -0.4 is 15.4 Å². The van der Waals surface area contributed by atoms with Crippen LogP contribution in [0.4, 0.5) is 10.5 Å². The normalized spacial score (nSPS) is 20.9. The van der Waals surface area contributed by atoms with Crippen LogP contribution in [0.5, 0.6) is 5.75 Å². The minimum Gasteiger partial charge on any atom is -0.497 e. The van der Waals surface area contributed by atoms with E-state index in [1.807, 2.05) is 30.3 Å². The number of anilines is 1. The van der Waals surface area contributed by atoms with Crippen molar-refractivity contribution >= 4 is 23.5 Å². The van der Waals surface area contributed by atoms with Crippen molar-refractivity contribution < 1.29 is 19.1 Å². The van der Waals surface area contributed by atoms with Crippen molar-refractivity contribution in [3.05, 3.63) is 60.2 Å². The topological polar surface area (TPSA) is 91.0 Å². The molecule has 8 nitrogen and oxygen atoms in total. The van der Waals surface area contributed by atoms with Gasteiger partial charge in [0.05, 0.1) is 7.11 Å². The highest BCUT2D eigenvalue weighted by atomic mass is 16.5. The maximum Gasteiger partial charge on any atom is 0.321 e. The Balaban J connectivity index is 1.55. The van der Waals surface area contributed by atoms with E-state index in [4.69, 9.17) is 4.74 Å². The molecule has 2 aromatic carbocycles. The molecule has 4 amide bonds. The molecule has 1 atom stereocenters. The quantitative estimate of drug-likeness (QED) is 0.793. The number of carbonyl (C=O) groups excluding carboxylic acids is 3. The minimum absolute atomic E-state index is 0.0564. The Morgan fingerprint density at radius 1 is 1.03 bits per heavy atom. The molecular formula is C23H26N4O4. The van der Waals surface area contributed by atoms with Gasteiger partial charge in [-0.2, -0.15) is 0 Å². The number of carbonyl (C=O) groups is 3. The van der Waals surface area contributed by atoms with Gasteiger partial charge in [-0.05, 0) is 30.3 Å². The summed E-state index contributed by atoms with van der Waals surface area (Å²) in [5, 5.41) is 5.79. The first-order valence-corrected chi connectivity index (χ1v) is 10.3. The lowest BCUT2D eigenvalue weighted by Crippen LogP contribution is -2.46. The van der Waals surface area contributed by atoms with E-state index in [9.17, 15) is 14.4 Å². The number of ether oxygens (including phenoxy) is 1. The molecule has 2 aromatic rings. The van der Waals surface area contributed by atoms with Crippen molar-refractivity contribution in [1.29, 1.82) is 0 Å². The smallest absolute Gasteiger partial charge is 0.321 e. The molecule has 162 valence electrons. The first-order chi connectivity index (χ1) is 15.0. The Bertz CT molecular complexity index is 981. The molecule has 31 heavy (non-hydrogen) atoms. The van der Waals surface area contributed by atoms with Gasteiger partial charge in [0.25, 0.3) is 5.91 Å². The van der Waals surface area contributed by atoms with Crippen LogP contribution in [0.15, 0.2) is 54.6 Å². The lowest BCUT2D eigenvalue weighted by Gasteiger charge is -2.32. The maximum absolute atomic E-state index is 13.3. The summed E-state index contributed by atoms with van der Waals surface area (Å²) in [5.74, 6) is 0.416. The van der Waals surface area contributed by atoms with Crippen LogP contribution in [0.1, 0.15) is 16.8 Å². The molecule has 1 unspecified atom stereocenters. The number of rotatable bonds is 3. The van der Waals surface area contributed by atoms with Crippen LogP contribution in [0.3, 0.4) is 0 Å². The molecule has 4 rings (SSSR count). The Morgan fingerprint density at radius 2 is 1.77 bits per heavy atom. The van der Waals surface area contributed by atoms with E-state index in [0.29, 0.717) is 49.7 Å². The van der Waals surface area contributed by atoms with Gasteiger partial charge in [-0.15, -0.1) is 0 Å². The standard InChI is InChI=1S/C23H26N4O4/c1-31-19-9-5-6-17(12-19)21(29)26-10-11-27(16-23(15-26)13-20(28)24-14-23)22(30)25-18-7-3-2-4-8-18/h2-9,12H,10-11,13-16H2,1H3,(H,24,28)(H,25,30). The second kappa shape index (κ2) is 8.67. The van der Waals surface area contributed by atoms with E-state index in [-0.39, 0.29) is 24.3 Å². The lowest BCUT2D eigenvalue weighted by atomic mass is 9.86. The summed E-state index contributed by atoms with van der Waals surface area (Å²) < 4.78 is 5.24. The number of hydrogen-bond donors (Lipinski definition) is 2. The van der Waals surface area contributed by atoms with Crippen LogP contribution in [0.25, 0.3) is 0 Å². The van der Waals surface area contributed by atoms with Crippen molar-refractivity contribution in [1.82, 2.24) is 15.1 Å². The average molecular weight is 422 g/mol. The molecule has 2 N–H and O–H groups in total. The van der Waals surface area contributed by atoms with Crippen LogP contribution in [0.2, 0.25) is 0 Å². The van der Waals surface area contributed by atoms with Gasteiger partial charge in [0.1, 0.15) is 5.75 Å². The predicted molar refractivity (Wildman–Crippen MR) is 116 cm³/mol. The van der Waals surface area contributed by atoms with Crippen molar-refractivity contribution in [2.24, 2.45) is 5.41 Å². The Kier molecular flexibility index (Phi) is 5.79. The summed E-state index contributed by atoms with van der Waals surface area (Å²) in [6.07, 6.45) is 0.282. The summed E-state index contributed by atoms with van der Waals surface area (Å²) in [6.45, 7) is 1.99. The highest BCUT2D eigenvalue weighted by Gasteiger charge is 2.45. The summed E-state index contributed by atoms with van der Waals surface area (Å²) in [7, 11) is 1.56. The summed E-state index contributed by atoms with van der Waals surface area (Å²) in [5.41, 5.74) is 0.709. The third-order valence-corrected chi connectivity index (χ3v) is 5.80. The molecule has 2 aliphatic heterocycles. The number of nitrogens with zero attached hydrogens (tertiary/aromatic N) is 2. The number of hydrogen-bond acceptors (Lipinski definition) is 4. The fourth-order valence-electron chi connectivity index (χ4n) is 4.24. The molecule has 2 aliphatic rings. The van der Waals surface area contributed by atoms with Gasteiger partial charge in [-0.25, -0.2) is 4.79 Å². The van der Waals surface area contributed by atoms with Crippen molar-refractivity contribution in [3.8, 4) is 5.75 Å². The van der Waals surface area contributed by atoms with Crippen LogP contribution >= 0.6 is 0 Å². The number of amides is 4. The van der Waals surface area contributed by atoms with Crippen molar-refractivity contribution in [2.75, 3.05) is 45.2 Å². The molecule has 0 radical (unpaired) electrons. The molecule has 0 aromatic heterocycles. The zero-order chi connectivity index (χ0) is 21.8.